The van der Waals surface area contributed by atoms with Gasteiger partial charge < -0.3 is 0 Å². The van der Waals surface area contributed by atoms with E-state index in [4.69, 9.17) is 11.6 Å². The molecule has 1 unspecified atom stereocenters. The molecule has 0 saturated heterocycles. The average Bonchev–Trinajstić information content (AvgIpc) is 2.97. The summed E-state index contributed by atoms with van der Waals surface area (Å²) in [6.07, 6.45) is 3.52. The number of pyridine rings is 1. The molecule has 1 aliphatic rings. The predicted molar refractivity (Wildman–Crippen MR) is 79.6 cm³/mol. The third kappa shape index (κ3) is 1.63. The van der Waals surface area contributed by atoms with Crippen LogP contribution in [0.15, 0.2) is 47.8 Å². The first-order valence-corrected chi connectivity index (χ1v) is 7.49. The molecule has 98 valence electrons. The fourth-order valence-corrected chi connectivity index (χ4v) is 3.62. The molecule has 0 saturated carbocycles. The van der Waals surface area contributed by atoms with E-state index in [1.807, 2.05) is 35.0 Å². The molecule has 3 heterocycles. The largest absolute Gasteiger partial charge is 0.291 e. The zero-order chi connectivity index (χ0) is 13.7. The molecule has 6 heteroatoms. The van der Waals surface area contributed by atoms with E-state index in [9.17, 15) is 4.21 Å². The third-order valence-electron chi connectivity index (χ3n) is 3.15. The predicted octanol–water partition coefficient (Wildman–Crippen LogP) is 3.16. The van der Waals surface area contributed by atoms with Crippen LogP contribution in [-0.2, 0) is 10.8 Å². The van der Waals surface area contributed by atoms with Gasteiger partial charge in [-0.3, -0.25) is 9.55 Å². The zero-order valence-electron chi connectivity index (χ0n) is 10.2. The van der Waals surface area contributed by atoms with Crippen molar-refractivity contribution in [2.75, 3.05) is 0 Å². The average molecular weight is 302 g/mol. The number of hydrogen-bond acceptors (Lipinski definition) is 3. The van der Waals surface area contributed by atoms with Crippen LogP contribution in [0.2, 0.25) is 5.02 Å². The first-order chi connectivity index (χ1) is 9.74. The molecule has 0 radical (unpaired) electrons. The summed E-state index contributed by atoms with van der Waals surface area (Å²) in [6.45, 7) is 0. The van der Waals surface area contributed by atoms with Gasteiger partial charge in [0.25, 0.3) is 0 Å². The maximum absolute atomic E-state index is 12.5. The summed E-state index contributed by atoms with van der Waals surface area (Å²) in [7, 11) is -1.32. The second-order valence-electron chi connectivity index (χ2n) is 4.37. The quantitative estimate of drug-likeness (QED) is 0.693. The first kappa shape index (κ1) is 11.8. The van der Waals surface area contributed by atoms with E-state index in [1.54, 1.807) is 18.3 Å². The highest BCUT2D eigenvalue weighted by molar-refractivity contribution is 7.95. The van der Waals surface area contributed by atoms with E-state index in [0.29, 0.717) is 20.8 Å². The highest BCUT2D eigenvalue weighted by atomic mass is 35.5. The Morgan fingerprint density at radius 1 is 1.20 bits per heavy atom. The summed E-state index contributed by atoms with van der Waals surface area (Å²) in [5, 5.41) is 1.14. The van der Waals surface area contributed by atoms with Crippen molar-refractivity contribution in [3.8, 4) is 0 Å². The minimum absolute atomic E-state index is 0.517. The summed E-state index contributed by atoms with van der Waals surface area (Å²) in [5.41, 5.74) is 2.35. The number of nitrogens with zero attached hydrogens (tertiary/aromatic N) is 3. The first-order valence-electron chi connectivity index (χ1n) is 5.96. The van der Waals surface area contributed by atoms with Gasteiger partial charge in [-0.15, -0.1) is 0 Å². The molecule has 3 aromatic rings. The van der Waals surface area contributed by atoms with Gasteiger partial charge in [0.1, 0.15) is 10.8 Å². The van der Waals surface area contributed by atoms with E-state index in [0.717, 1.165) is 11.0 Å². The summed E-state index contributed by atoms with van der Waals surface area (Å²) < 4.78 is 14.4. The van der Waals surface area contributed by atoms with Gasteiger partial charge in [0.2, 0.25) is 5.16 Å². The number of aromatic nitrogens is 3. The van der Waals surface area contributed by atoms with E-state index in [2.05, 4.69) is 9.97 Å². The lowest BCUT2D eigenvalue weighted by Gasteiger charge is -1.98. The van der Waals surface area contributed by atoms with Crippen molar-refractivity contribution in [3.63, 3.8) is 0 Å². The Morgan fingerprint density at radius 2 is 2.10 bits per heavy atom. The standard InChI is InChI=1S/C14H8ClN3OS/c15-9-4-5-12-11(7-9)17-14-18(12)8-13(20(14)19)10-3-1-2-6-16-10/h1-8H. The second kappa shape index (κ2) is 4.26. The molecule has 0 amide bonds. The summed E-state index contributed by atoms with van der Waals surface area (Å²) in [4.78, 5) is 9.32. The molecule has 0 N–H and O–H groups in total. The highest BCUT2D eigenvalue weighted by Crippen LogP contribution is 2.33. The molecule has 1 aliphatic heterocycles. The van der Waals surface area contributed by atoms with Crippen molar-refractivity contribution in [1.29, 1.82) is 0 Å². The lowest BCUT2D eigenvalue weighted by atomic mass is 10.3. The van der Waals surface area contributed by atoms with Gasteiger partial charge in [0, 0.05) is 17.4 Å². The number of fused-ring (bicyclic) bond motifs is 3. The fourth-order valence-electron chi connectivity index (χ4n) is 2.24. The molecule has 20 heavy (non-hydrogen) atoms. The highest BCUT2D eigenvalue weighted by Gasteiger charge is 2.27. The Bertz CT molecular complexity index is 886. The Kier molecular flexibility index (Phi) is 2.52. The number of imidazole rings is 1. The summed E-state index contributed by atoms with van der Waals surface area (Å²) in [5.74, 6) is 0. The van der Waals surface area contributed by atoms with Crippen LogP contribution in [0.1, 0.15) is 5.69 Å². The van der Waals surface area contributed by atoms with Crippen LogP contribution in [0.5, 0.6) is 0 Å². The smallest absolute Gasteiger partial charge is 0.209 e. The van der Waals surface area contributed by atoms with Gasteiger partial charge in [0.05, 0.1) is 21.6 Å². The maximum atomic E-state index is 12.5. The lowest BCUT2D eigenvalue weighted by Crippen LogP contribution is -1.94. The van der Waals surface area contributed by atoms with Crippen LogP contribution in [-0.4, -0.2) is 18.7 Å². The molecule has 4 nitrogen and oxygen atoms in total. The second-order valence-corrected chi connectivity index (χ2v) is 6.15. The third-order valence-corrected chi connectivity index (χ3v) is 4.72. The molecular formula is C14H8ClN3OS. The molecule has 0 fully saturated rings. The number of rotatable bonds is 1. The van der Waals surface area contributed by atoms with Crippen LogP contribution < -0.4 is 0 Å². The molecule has 4 rings (SSSR count). The Labute approximate surface area is 122 Å². The Balaban J connectivity index is 1.94. The van der Waals surface area contributed by atoms with Crippen molar-refractivity contribution in [3.05, 3.63) is 53.3 Å². The van der Waals surface area contributed by atoms with Gasteiger partial charge in [-0.05, 0) is 30.3 Å². The van der Waals surface area contributed by atoms with Crippen LogP contribution in [0, 0.1) is 0 Å². The Hall–Kier alpha value is -1.98. The minimum atomic E-state index is -1.32. The van der Waals surface area contributed by atoms with Crippen LogP contribution in [0.4, 0.5) is 0 Å². The van der Waals surface area contributed by atoms with Crippen molar-refractivity contribution < 1.29 is 4.21 Å². The van der Waals surface area contributed by atoms with Gasteiger partial charge in [-0.2, -0.15) is 0 Å². The Morgan fingerprint density at radius 3 is 2.90 bits per heavy atom. The van der Waals surface area contributed by atoms with Gasteiger partial charge >= 0.3 is 0 Å². The zero-order valence-corrected chi connectivity index (χ0v) is 11.7. The van der Waals surface area contributed by atoms with E-state index >= 15 is 0 Å². The molecule has 2 aromatic heterocycles. The summed E-state index contributed by atoms with van der Waals surface area (Å²) >= 11 is 5.95. The van der Waals surface area contributed by atoms with E-state index in [1.165, 1.54) is 0 Å². The summed E-state index contributed by atoms with van der Waals surface area (Å²) in [6, 6.07) is 11.0. The SMILES string of the molecule is O=S1C(c2ccccn2)=Cn2c1nc1cc(Cl)ccc12. The van der Waals surface area contributed by atoms with Crippen molar-refractivity contribution in [2.24, 2.45) is 0 Å². The lowest BCUT2D eigenvalue weighted by molar-refractivity contribution is 0.683. The van der Waals surface area contributed by atoms with Crippen molar-refractivity contribution in [2.45, 2.75) is 5.16 Å². The molecule has 1 aromatic carbocycles. The van der Waals surface area contributed by atoms with E-state index < -0.39 is 10.8 Å². The number of halogens is 1. The molecule has 0 bridgehead atoms. The normalized spacial score (nSPS) is 17.2. The van der Waals surface area contributed by atoms with Crippen molar-refractivity contribution in [1.82, 2.24) is 14.5 Å². The van der Waals surface area contributed by atoms with E-state index in [-0.39, 0.29) is 0 Å². The molecule has 1 atom stereocenters. The van der Waals surface area contributed by atoms with Gasteiger partial charge in [-0.25, -0.2) is 9.19 Å². The molecule has 0 aliphatic carbocycles. The minimum Gasteiger partial charge on any atom is -0.291 e. The maximum Gasteiger partial charge on any atom is 0.209 e. The van der Waals surface area contributed by atoms with Crippen LogP contribution in [0.25, 0.3) is 22.1 Å². The molecule has 0 spiro atoms. The fraction of sp³-hybridized carbons (Fsp3) is 0. The topological polar surface area (TPSA) is 47.8 Å². The van der Waals surface area contributed by atoms with Crippen molar-refractivity contribution >= 4 is 44.5 Å². The number of hydrogen-bond donors (Lipinski definition) is 0. The molecular weight excluding hydrogens is 294 g/mol. The van der Waals surface area contributed by atoms with Crippen LogP contribution >= 0.6 is 11.6 Å². The van der Waals surface area contributed by atoms with Gasteiger partial charge in [0.15, 0.2) is 0 Å². The van der Waals surface area contributed by atoms with Crippen LogP contribution in [0.3, 0.4) is 0 Å². The monoisotopic (exact) mass is 301 g/mol. The van der Waals surface area contributed by atoms with Gasteiger partial charge in [-0.1, -0.05) is 17.7 Å². The number of benzene rings is 1.